The van der Waals surface area contributed by atoms with Crippen molar-refractivity contribution in [2.75, 3.05) is 0 Å². The van der Waals surface area contributed by atoms with Crippen LogP contribution < -0.4 is 0 Å². The number of rotatable bonds is 7. The van der Waals surface area contributed by atoms with E-state index in [-0.39, 0.29) is 0 Å². The molecule has 0 radical (unpaired) electrons. The van der Waals surface area contributed by atoms with Gasteiger partial charge in [0, 0.05) is 30.3 Å². The summed E-state index contributed by atoms with van der Waals surface area (Å²) in [6, 6.07) is 3.76. The number of H-pyrrole nitrogens is 1. The maximum absolute atomic E-state index is 13.3. The molecular formula is C18H20F2N4S. The fourth-order valence-electron chi connectivity index (χ4n) is 2.48. The fraction of sp³-hybridized carbons (Fsp3) is 0.389. The van der Waals surface area contributed by atoms with E-state index in [4.69, 9.17) is 0 Å². The first kappa shape index (κ1) is 17.7. The molecule has 4 nitrogen and oxygen atoms in total. The lowest BCUT2D eigenvalue weighted by molar-refractivity contribution is 0.509. The molecule has 0 aliphatic heterocycles. The molecule has 0 aliphatic carbocycles. The van der Waals surface area contributed by atoms with E-state index in [0.29, 0.717) is 22.9 Å². The third-order valence-electron chi connectivity index (χ3n) is 4.16. The van der Waals surface area contributed by atoms with Crippen molar-refractivity contribution >= 4 is 11.3 Å². The summed E-state index contributed by atoms with van der Waals surface area (Å²) in [5.74, 6) is -0.170. The Labute approximate surface area is 149 Å². The Morgan fingerprint density at radius 3 is 2.76 bits per heavy atom. The molecule has 0 bridgehead atoms. The molecule has 1 unspecified atom stereocenters. The number of imidazole rings is 1. The topological polar surface area (TPSA) is 54.5 Å². The lowest BCUT2D eigenvalue weighted by Gasteiger charge is -2.04. The molecule has 1 aromatic carbocycles. The van der Waals surface area contributed by atoms with Crippen LogP contribution in [0.2, 0.25) is 0 Å². The minimum absolute atomic E-state index is 0.538. The van der Waals surface area contributed by atoms with Gasteiger partial charge >= 0.3 is 0 Å². The highest BCUT2D eigenvalue weighted by molar-refractivity contribution is 7.14. The van der Waals surface area contributed by atoms with Gasteiger partial charge in [-0.05, 0) is 30.5 Å². The maximum atomic E-state index is 13.3. The van der Waals surface area contributed by atoms with Gasteiger partial charge < -0.3 is 4.98 Å². The highest BCUT2D eigenvalue weighted by Gasteiger charge is 2.11. The number of benzene rings is 1. The van der Waals surface area contributed by atoms with Gasteiger partial charge in [-0.2, -0.15) is 0 Å². The average molecular weight is 362 g/mol. The van der Waals surface area contributed by atoms with Crippen molar-refractivity contribution in [3.63, 3.8) is 0 Å². The molecule has 1 N–H and O–H groups in total. The highest BCUT2D eigenvalue weighted by atomic mass is 32.1. The molecule has 2 heterocycles. The molecule has 0 saturated carbocycles. The minimum atomic E-state index is -0.876. The van der Waals surface area contributed by atoms with Crippen LogP contribution >= 0.6 is 11.3 Å². The highest BCUT2D eigenvalue weighted by Crippen LogP contribution is 2.25. The first-order chi connectivity index (χ1) is 12.0. The molecule has 7 heteroatoms. The van der Waals surface area contributed by atoms with Crippen molar-refractivity contribution < 1.29 is 8.78 Å². The van der Waals surface area contributed by atoms with Gasteiger partial charge in [0.2, 0.25) is 0 Å². The first-order valence-corrected chi connectivity index (χ1v) is 9.17. The SMILES string of the molecule is CCC(C)Cc1cnc(CCc2nnc(-c3ccc(F)c(F)c3)s2)[nH]1. The summed E-state index contributed by atoms with van der Waals surface area (Å²) >= 11 is 1.39. The Balaban J connectivity index is 1.61. The number of halogens is 2. The standard InChI is InChI=1S/C18H20F2N4S/c1-3-11(2)8-13-10-21-16(22-13)6-7-17-23-24-18(25-17)12-4-5-14(19)15(20)9-12/h4-5,9-11H,3,6-8H2,1-2H3,(H,21,22). The normalized spacial score (nSPS) is 12.5. The summed E-state index contributed by atoms with van der Waals surface area (Å²) in [7, 11) is 0. The van der Waals surface area contributed by atoms with Crippen LogP contribution in [-0.4, -0.2) is 20.2 Å². The molecule has 3 rings (SSSR count). The Morgan fingerprint density at radius 1 is 1.16 bits per heavy atom. The van der Waals surface area contributed by atoms with Gasteiger partial charge in [-0.25, -0.2) is 13.8 Å². The molecule has 25 heavy (non-hydrogen) atoms. The van der Waals surface area contributed by atoms with Crippen molar-refractivity contribution in [2.24, 2.45) is 5.92 Å². The molecule has 0 spiro atoms. The molecule has 3 aromatic rings. The van der Waals surface area contributed by atoms with Crippen molar-refractivity contribution in [2.45, 2.75) is 39.5 Å². The van der Waals surface area contributed by atoms with Crippen LogP contribution in [0.15, 0.2) is 24.4 Å². The van der Waals surface area contributed by atoms with Crippen molar-refractivity contribution in [1.82, 2.24) is 20.2 Å². The minimum Gasteiger partial charge on any atom is -0.346 e. The molecule has 1 atom stereocenters. The van der Waals surface area contributed by atoms with E-state index in [1.807, 2.05) is 6.20 Å². The van der Waals surface area contributed by atoms with E-state index >= 15 is 0 Å². The number of hydrogen-bond acceptors (Lipinski definition) is 4. The number of nitrogens with zero attached hydrogens (tertiary/aromatic N) is 3. The summed E-state index contributed by atoms with van der Waals surface area (Å²) in [6.07, 6.45) is 5.49. The van der Waals surface area contributed by atoms with Crippen LogP contribution in [0.5, 0.6) is 0 Å². The Kier molecular flexibility index (Phi) is 5.53. The van der Waals surface area contributed by atoms with Crippen LogP contribution in [0.3, 0.4) is 0 Å². The molecule has 0 aliphatic rings. The van der Waals surface area contributed by atoms with Gasteiger partial charge in [0.25, 0.3) is 0 Å². The van der Waals surface area contributed by atoms with Gasteiger partial charge in [-0.15, -0.1) is 10.2 Å². The molecule has 132 valence electrons. The van der Waals surface area contributed by atoms with Crippen LogP contribution in [0.25, 0.3) is 10.6 Å². The summed E-state index contributed by atoms with van der Waals surface area (Å²) in [6.45, 7) is 4.41. The zero-order chi connectivity index (χ0) is 17.8. The number of nitrogens with one attached hydrogen (secondary N) is 1. The van der Waals surface area contributed by atoms with Crippen LogP contribution in [0, 0.1) is 17.6 Å². The smallest absolute Gasteiger partial charge is 0.159 e. The van der Waals surface area contributed by atoms with E-state index < -0.39 is 11.6 Å². The first-order valence-electron chi connectivity index (χ1n) is 8.35. The Morgan fingerprint density at radius 2 is 2.00 bits per heavy atom. The number of aromatic nitrogens is 4. The Bertz CT molecular complexity index is 843. The van der Waals surface area contributed by atoms with Gasteiger partial charge in [0.1, 0.15) is 15.8 Å². The summed E-state index contributed by atoms with van der Waals surface area (Å²) in [4.78, 5) is 7.77. The summed E-state index contributed by atoms with van der Waals surface area (Å²) in [5.41, 5.74) is 1.69. The van der Waals surface area contributed by atoms with E-state index in [9.17, 15) is 8.78 Å². The number of aromatic amines is 1. The van der Waals surface area contributed by atoms with E-state index in [1.165, 1.54) is 17.4 Å². The van der Waals surface area contributed by atoms with Gasteiger partial charge in [0.05, 0.1) is 0 Å². The molecule has 0 fully saturated rings. The third-order valence-corrected chi connectivity index (χ3v) is 5.19. The van der Waals surface area contributed by atoms with Gasteiger partial charge in [0.15, 0.2) is 11.6 Å². The molecule has 2 aromatic heterocycles. The summed E-state index contributed by atoms with van der Waals surface area (Å²) in [5, 5.41) is 9.65. The monoisotopic (exact) mass is 362 g/mol. The van der Waals surface area contributed by atoms with Gasteiger partial charge in [-0.1, -0.05) is 31.6 Å². The van der Waals surface area contributed by atoms with Gasteiger partial charge in [-0.3, -0.25) is 0 Å². The van der Waals surface area contributed by atoms with Crippen molar-refractivity contribution in [3.8, 4) is 10.6 Å². The summed E-state index contributed by atoms with van der Waals surface area (Å²) < 4.78 is 26.3. The maximum Gasteiger partial charge on any atom is 0.159 e. The second-order valence-electron chi connectivity index (χ2n) is 6.20. The second-order valence-corrected chi connectivity index (χ2v) is 7.26. The molecule has 0 saturated heterocycles. The number of aryl methyl sites for hydroxylation is 2. The zero-order valence-corrected chi connectivity index (χ0v) is 15.0. The quantitative estimate of drug-likeness (QED) is 0.669. The molecular weight excluding hydrogens is 342 g/mol. The van der Waals surface area contributed by atoms with E-state index in [2.05, 4.69) is 34.0 Å². The zero-order valence-electron chi connectivity index (χ0n) is 14.2. The predicted octanol–water partition coefficient (Wildman–Crippen LogP) is 4.58. The lowest BCUT2D eigenvalue weighted by atomic mass is 10.0. The fourth-order valence-corrected chi connectivity index (χ4v) is 3.32. The van der Waals surface area contributed by atoms with Crippen molar-refractivity contribution in [1.29, 1.82) is 0 Å². The van der Waals surface area contributed by atoms with Crippen LogP contribution in [-0.2, 0) is 19.3 Å². The van der Waals surface area contributed by atoms with Crippen LogP contribution in [0.1, 0.15) is 36.8 Å². The average Bonchev–Trinajstić information content (AvgIpc) is 3.24. The van der Waals surface area contributed by atoms with E-state index in [0.717, 1.165) is 47.9 Å². The Hall–Kier alpha value is -2.15. The van der Waals surface area contributed by atoms with Crippen LogP contribution in [0.4, 0.5) is 8.78 Å². The number of hydrogen-bond donors (Lipinski definition) is 1. The van der Waals surface area contributed by atoms with Crippen molar-refractivity contribution in [3.05, 3.63) is 52.6 Å². The largest absolute Gasteiger partial charge is 0.346 e. The lowest BCUT2D eigenvalue weighted by Crippen LogP contribution is -1.98. The molecule has 0 amide bonds. The second kappa shape index (κ2) is 7.82. The van der Waals surface area contributed by atoms with E-state index in [1.54, 1.807) is 0 Å². The predicted molar refractivity (Wildman–Crippen MR) is 94.4 cm³/mol. The third kappa shape index (κ3) is 4.48.